The summed E-state index contributed by atoms with van der Waals surface area (Å²) >= 11 is 0. The monoisotopic (exact) mass is 176 g/mol. The lowest BCUT2D eigenvalue weighted by molar-refractivity contribution is 0.558. The summed E-state index contributed by atoms with van der Waals surface area (Å²) in [5, 5.41) is 0. The Balaban J connectivity index is 2.81. The van der Waals surface area contributed by atoms with E-state index in [-0.39, 0.29) is 0 Å². The minimum atomic E-state index is 0.806. The molecule has 0 fully saturated rings. The van der Waals surface area contributed by atoms with Crippen LogP contribution in [0.2, 0.25) is 0 Å². The first-order valence-corrected chi connectivity index (χ1v) is 5.19. The molecule has 0 heteroatoms. The smallest absolute Gasteiger partial charge is 0.0250 e. The van der Waals surface area contributed by atoms with Gasteiger partial charge in [0.1, 0.15) is 0 Å². The maximum absolute atomic E-state index is 2.32. The van der Waals surface area contributed by atoms with E-state index in [4.69, 9.17) is 0 Å². The van der Waals surface area contributed by atoms with Gasteiger partial charge in [0.05, 0.1) is 0 Å². The van der Waals surface area contributed by atoms with Gasteiger partial charge in [0, 0.05) is 0 Å². The molecule has 0 aliphatic heterocycles. The second-order valence-electron chi connectivity index (χ2n) is 4.15. The van der Waals surface area contributed by atoms with E-state index in [0.717, 1.165) is 5.92 Å². The van der Waals surface area contributed by atoms with Crippen LogP contribution in [0.25, 0.3) is 0 Å². The van der Waals surface area contributed by atoms with Crippen molar-refractivity contribution < 1.29 is 0 Å². The summed E-state index contributed by atoms with van der Waals surface area (Å²) in [6.45, 7) is 8.95. The van der Waals surface area contributed by atoms with Gasteiger partial charge >= 0.3 is 0 Å². The van der Waals surface area contributed by atoms with Crippen molar-refractivity contribution in [3.8, 4) is 0 Å². The Morgan fingerprint density at radius 2 is 1.92 bits per heavy atom. The summed E-state index contributed by atoms with van der Waals surface area (Å²) in [6, 6.07) is 6.74. The van der Waals surface area contributed by atoms with Crippen LogP contribution in [0.15, 0.2) is 18.2 Å². The minimum Gasteiger partial charge on any atom is -0.0651 e. The summed E-state index contributed by atoms with van der Waals surface area (Å²) in [4.78, 5) is 0. The third-order valence-electron chi connectivity index (χ3n) is 2.77. The Kier molecular flexibility index (Phi) is 3.53. The minimum absolute atomic E-state index is 0.806. The van der Waals surface area contributed by atoms with E-state index >= 15 is 0 Å². The molecule has 13 heavy (non-hydrogen) atoms. The molecule has 1 atom stereocenters. The van der Waals surface area contributed by atoms with Crippen LogP contribution in [0, 0.1) is 19.8 Å². The molecular formula is C13H20. The zero-order valence-electron chi connectivity index (χ0n) is 9.22. The van der Waals surface area contributed by atoms with E-state index in [2.05, 4.69) is 45.9 Å². The lowest BCUT2D eigenvalue weighted by atomic mass is 9.94. The molecule has 0 aromatic heterocycles. The van der Waals surface area contributed by atoms with Gasteiger partial charge in [-0.2, -0.15) is 0 Å². The molecular weight excluding hydrogens is 156 g/mol. The van der Waals surface area contributed by atoms with Crippen LogP contribution in [0.4, 0.5) is 0 Å². The third-order valence-corrected chi connectivity index (χ3v) is 2.77. The van der Waals surface area contributed by atoms with Crippen molar-refractivity contribution in [2.24, 2.45) is 5.92 Å². The van der Waals surface area contributed by atoms with E-state index < -0.39 is 0 Å². The number of aryl methyl sites for hydroxylation is 2. The zero-order chi connectivity index (χ0) is 9.84. The highest BCUT2D eigenvalue weighted by atomic mass is 14.1. The van der Waals surface area contributed by atoms with Crippen molar-refractivity contribution in [1.29, 1.82) is 0 Å². The molecule has 0 radical (unpaired) electrons. The molecule has 0 N–H and O–H groups in total. The molecule has 0 amide bonds. The maximum Gasteiger partial charge on any atom is -0.0250 e. The lowest BCUT2D eigenvalue weighted by Gasteiger charge is -2.11. The first-order valence-electron chi connectivity index (χ1n) is 5.19. The summed E-state index contributed by atoms with van der Waals surface area (Å²) in [5.41, 5.74) is 4.34. The molecule has 0 bridgehead atoms. The Bertz CT molecular complexity index is 273. The summed E-state index contributed by atoms with van der Waals surface area (Å²) in [7, 11) is 0. The van der Waals surface area contributed by atoms with Gasteiger partial charge in [-0.3, -0.25) is 0 Å². The van der Waals surface area contributed by atoms with Gasteiger partial charge in [0.25, 0.3) is 0 Å². The van der Waals surface area contributed by atoms with Gasteiger partial charge in [-0.15, -0.1) is 0 Å². The van der Waals surface area contributed by atoms with Gasteiger partial charge in [-0.1, -0.05) is 44.0 Å². The zero-order valence-corrected chi connectivity index (χ0v) is 9.22. The van der Waals surface area contributed by atoms with Crippen LogP contribution in [-0.4, -0.2) is 0 Å². The van der Waals surface area contributed by atoms with Crippen LogP contribution in [0.1, 0.15) is 37.0 Å². The average Bonchev–Trinajstić information content (AvgIpc) is 2.11. The number of hydrogen-bond donors (Lipinski definition) is 0. The fraction of sp³-hybridized carbons (Fsp3) is 0.538. The maximum atomic E-state index is 2.32. The van der Waals surface area contributed by atoms with Crippen molar-refractivity contribution in [1.82, 2.24) is 0 Å². The van der Waals surface area contributed by atoms with Crippen LogP contribution in [0.3, 0.4) is 0 Å². The Morgan fingerprint density at radius 1 is 1.23 bits per heavy atom. The van der Waals surface area contributed by atoms with E-state index in [1.54, 1.807) is 0 Å². The van der Waals surface area contributed by atoms with Crippen LogP contribution in [-0.2, 0) is 6.42 Å². The highest BCUT2D eigenvalue weighted by molar-refractivity contribution is 5.30. The molecule has 1 aromatic carbocycles. The predicted octanol–water partition coefficient (Wildman–Crippen LogP) is 3.89. The van der Waals surface area contributed by atoms with Crippen LogP contribution >= 0.6 is 0 Å². The highest BCUT2D eigenvalue weighted by Gasteiger charge is 2.03. The predicted molar refractivity (Wildman–Crippen MR) is 59.1 cm³/mol. The number of rotatable bonds is 3. The van der Waals surface area contributed by atoms with Gasteiger partial charge in [-0.25, -0.2) is 0 Å². The fourth-order valence-electron chi connectivity index (χ4n) is 1.54. The summed E-state index contributed by atoms with van der Waals surface area (Å²) in [5.74, 6) is 0.806. The summed E-state index contributed by atoms with van der Waals surface area (Å²) in [6.07, 6.45) is 2.50. The van der Waals surface area contributed by atoms with Crippen molar-refractivity contribution >= 4 is 0 Å². The van der Waals surface area contributed by atoms with Crippen LogP contribution < -0.4 is 0 Å². The standard InChI is InChI=1S/C13H20/c1-5-10(2)8-13-9-11(3)6-7-12(13)4/h6-7,9-10H,5,8H2,1-4H3. The largest absolute Gasteiger partial charge is 0.0651 e. The Morgan fingerprint density at radius 3 is 2.54 bits per heavy atom. The highest BCUT2D eigenvalue weighted by Crippen LogP contribution is 2.16. The Labute approximate surface area is 82.0 Å². The van der Waals surface area contributed by atoms with E-state index in [1.165, 1.54) is 29.5 Å². The molecule has 0 saturated carbocycles. The van der Waals surface area contributed by atoms with Crippen LogP contribution in [0.5, 0.6) is 0 Å². The summed E-state index contributed by atoms with van der Waals surface area (Å²) < 4.78 is 0. The van der Waals surface area contributed by atoms with Gasteiger partial charge in [-0.05, 0) is 37.3 Å². The molecule has 0 spiro atoms. The van der Waals surface area contributed by atoms with E-state index in [1.807, 2.05) is 0 Å². The topological polar surface area (TPSA) is 0 Å². The number of benzene rings is 1. The van der Waals surface area contributed by atoms with Crippen molar-refractivity contribution in [3.05, 3.63) is 34.9 Å². The molecule has 0 nitrogen and oxygen atoms in total. The van der Waals surface area contributed by atoms with Gasteiger partial charge in [0.2, 0.25) is 0 Å². The normalized spacial score (nSPS) is 12.9. The van der Waals surface area contributed by atoms with Crippen molar-refractivity contribution in [2.45, 2.75) is 40.5 Å². The average molecular weight is 176 g/mol. The lowest BCUT2D eigenvalue weighted by Crippen LogP contribution is -2.00. The fourth-order valence-corrected chi connectivity index (χ4v) is 1.54. The van der Waals surface area contributed by atoms with E-state index in [9.17, 15) is 0 Å². The molecule has 1 unspecified atom stereocenters. The second-order valence-corrected chi connectivity index (χ2v) is 4.15. The Hall–Kier alpha value is -0.780. The van der Waals surface area contributed by atoms with Gasteiger partial charge in [0.15, 0.2) is 0 Å². The molecule has 1 rings (SSSR count). The van der Waals surface area contributed by atoms with Crippen molar-refractivity contribution in [3.63, 3.8) is 0 Å². The molecule has 0 heterocycles. The molecule has 0 aliphatic carbocycles. The first-order chi connectivity index (χ1) is 6.13. The third kappa shape index (κ3) is 2.87. The van der Waals surface area contributed by atoms with Crippen molar-refractivity contribution in [2.75, 3.05) is 0 Å². The second kappa shape index (κ2) is 4.45. The first kappa shape index (κ1) is 10.3. The van der Waals surface area contributed by atoms with E-state index in [0.29, 0.717) is 0 Å². The molecule has 1 aromatic rings. The quantitative estimate of drug-likeness (QED) is 0.655. The number of hydrogen-bond acceptors (Lipinski definition) is 0. The van der Waals surface area contributed by atoms with Gasteiger partial charge < -0.3 is 0 Å². The molecule has 0 aliphatic rings. The SMILES string of the molecule is CCC(C)Cc1cc(C)ccc1C. The molecule has 72 valence electrons. The molecule has 0 saturated heterocycles.